The van der Waals surface area contributed by atoms with E-state index in [9.17, 15) is 4.79 Å². The lowest BCUT2D eigenvalue weighted by Crippen LogP contribution is -2.14. The van der Waals surface area contributed by atoms with Gasteiger partial charge in [0.05, 0.1) is 12.2 Å². The van der Waals surface area contributed by atoms with Gasteiger partial charge < -0.3 is 18.9 Å². The molecule has 0 aromatic heterocycles. The summed E-state index contributed by atoms with van der Waals surface area (Å²) in [6.07, 6.45) is 1.79. The van der Waals surface area contributed by atoms with Crippen molar-refractivity contribution in [2.75, 3.05) is 6.79 Å². The minimum Gasteiger partial charge on any atom is -0.488 e. The summed E-state index contributed by atoms with van der Waals surface area (Å²) in [6, 6.07) is 15.8. The van der Waals surface area contributed by atoms with Gasteiger partial charge in [-0.05, 0) is 53.8 Å². The lowest BCUT2D eigenvalue weighted by molar-refractivity contribution is -0.0176. The van der Waals surface area contributed by atoms with Gasteiger partial charge in [-0.1, -0.05) is 61.0 Å². The second kappa shape index (κ2) is 9.17. The number of rotatable bonds is 4. The van der Waals surface area contributed by atoms with Crippen molar-refractivity contribution in [3.63, 3.8) is 0 Å². The number of hydrogen-bond acceptors (Lipinski definition) is 5. The minimum atomic E-state index is -0.121. The Morgan fingerprint density at radius 2 is 1.83 bits per heavy atom. The molecule has 0 amide bonds. The maximum Gasteiger partial charge on any atom is 0.231 e. The van der Waals surface area contributed by atoms with Crippen molar-refractivity contribution in [1.82, 2.24) is 0 Å². The second-order valence-corrected chi connectivity index (χ2v) is 10.7. The van der Waals surface area contributed by atoms with Crippen molar-refractivity contribution < 1.29 is 23.7 Å². The molecule has 35 heavy (non-hydrogen) atoms. The van der Waals surface area contributed by atoms with Gasteiger partial charge in [0.2, 0.25) is 5.78 Å². The van der Waals surface area contributed by atoms with Gasteiger partial charge in [0.15, 0.2) is 12.6 Å². The standard InChI is InChI=1S/C29H27BrO5/c1-17-24(33-15-20-13-22(30)12-19-14-32-16-34-28(19)20)10-9-23-26(31)25(35-27(17)23)11-18-5-7-21(8-6-18)29(2,3)4/h5-13H,14-16H2,1-4H3/b25-11-. The Morgan fingerprint density at radius 3 is 2.57 bits per heavy atom. The van der Waals surface area contributed by atoms with Crippen LogP contribution in [0.25, 0.3) is 6.08 Å². The van der Waals surface area contributed by atoms with E-state index < -0.39 is 0 Å². The summed E-state index contributed by atoms with van der Waals surface area (Å²) in [7, 11) is 0. The van der Waals surface area contributed by atoms with Crippen LogP contribution in [0.5, 0.6) is 17.2 Å². The molecule has 0 N–H and O–H groups in total. The number of allylic oxidation sites excluding steroid dienone is 1. The van der Waals surface area contributed by atoms with Crippen molar-refractivity contribution in [3.05, 3.63) is 92.1 Å². The third-order valence-electron chi connectivity index (χ3n) is 6.25. The van der Waals surface area contributed by atoms with Crippen LogP contribution >= 0.6 is 15.9 Å². The van der Waals surface area contributed by atoms with Crippen molar-refractivity contribution in [2.24, 2.45) is 0 Å². The highest BCUT2D eigenvalue weighted by atomic mass is 79.9. The average molecular weight is 535 g/mol. The Kier molecular flexibility index (Phi) is 6.20. The fourth-order valence-electron chi connectivity index (χ4n) is 4.27. The molecule has 3 aromatic carbocycles. The first-order chi connectivity index (χ1) is 16.7. The van der Waals surface area contributed by atoms with Crippen LogP contribution in [-0.4, -0.2) is 12.6 Å². The molecule has 0 saturated heterocycles. The van der Waals surface area contributed by atoms with E-state index in [0.29, 0.717) is 36.0 Å². The van der Waals surface area contributed by atoms with Gasteiger partial charge in [-0.3, -0.25) is 4.79 Å². The van der Waals surface area contributed by atoms with Gasteiger partial charge in [-0.15, -0.1) is 0 Å². The maximum absolute atomic E-state index is 13.0. The quantitative estimate of drug-likeness (QED) is 0.333. The Labute approximate surface area is 213 Å². The first kappa shape index (κ1) is 23.6. The lowest BCUT2D eigenvalue weighted by Gasteiger charge is -2.21. The molecular weight excluding hydrogens is 508 g/mol. The number of Topliss-reactive ketones (excluding diaryl/α,β-unsaturated/α-hetero) is 1. The molecule has 0 unspecified atom stereocenters. The van der Waals surface area contributed by atoms with Gasteiger partial charge in [0, 0.05) is 21.2 Å². The van der Waals surface area contributed by atoms with Gasteiger partial charge >= 0.3 is 0 Å². The second-order valence-electron chi connectivity index (χ2n) is 9.83. The first-order valence-corrected chi connectivity index (χ1v) is 12.3. The van der Waals surface area contributed by atoms with Crippen molar-refractivity contribution in [1.29, 1.82) is 0 Å². The monoisotopic (exact) mass is 534 g/mol. The van der Waals surface area contributed by atoms with Crippen molar-refractivity contribution in [3.8, 4) is 17.2 Å². The van der Waals surface area contributed by atoms with Crippen LogP contribution in [0.3, 0.4) is 0 Å². The fraction of sp³-hybridized carbons (Fsp3) is 0.276. The van der Waals surface area contributed by atoms with Crippen molar-refractivity contribution in [2.45, 2.75) is 46.3 Å². The van der Waals surface area contributed by atoms with Crippen LogP contribution < -0.4 is 14.2 Å². The number of halogens is 1. The topological polar surface area (TPSA) is 54.0 Å². The summed E-state index contributed by atoms with van der Waals surface area (Å²) in [5.74, 6) is 2.20. The largest absolute Gasteiger partial charge is 0.488 e. The molecule has 0 radical (unpaired) electrons. The van der Waals surface area contributed by atoms with E-state index >= 15 is 0 Å². The molecule has 2 aliphatic rings. The molecule has 0 aliphatic carbocycles. The fourth-order valence-corrected chi connectivity index (χ4v) is 4.83. The van der Waals surface area contributed by atoms with Gasteiger partial charge in [-0.25, -0.2) is 0 Å². The average Bonchev–Trinajstić information content (AvgIpc) is 3.14. The molecule has 5 nitrogen and oxygen atoms in total. The molecule has 0 saturated carbocycles. The lowest BCUT2D eigenvalue weighted by atomic mass is 9.86. The van der Waals surface area contributed by atoms with Gasteiger partial charge in [0.25, 0.3) is 0 Å². The van der Waals surface area contributed by atoms with Crippen LogP contribution in [0, 0.1) is 6.92 Å². The minimum absolute atomic E-state index is 0.0735. The van der Waals surface area contributed by atoms with E-state index in [-0.39, 0.29) is 18.0 Å². The summed E-state index contributed by atoms with van der Waals surface area (Å²) in [5.41, 5.74) is 5.48. The zero-order chi connectivity index (χ0) is 24.7. The third kappa shape index (κ3) is 4.73. The highest BCUT2D eigenvalue weighted by Gasteiger charge is 2.30. The summed E-state index contributed by atoms with van der Waals surface area (Å²) in [5, 5.41) is 0. The number of benzene rings is 3. The smallest absolute Gasteiger partial charge is 0.231 e. The highest BCUT2D eigenvalue weighted by Crippen LogP contribution is 2.40. The Hall–Kier alpha value is -3.09. The van der Waals surface area contributed by atoms with E-state index in [1.165, 1.54) is 5.56 Å². The number of carbonyl (C=O) groups excluding carboxylic acids is 1. The van der Waals surface area contributed by atoms with Crippen LogP contribution in [0.4, 0.5) is 0 Å². The summed E-state index contributed by atoms with van der Waals surface area (Å²) in [4.78, 5) is 13.0. The normalized spacial score (nSPS) is 15.9. The summed E-state index contributed by atoms with van der Waals surface area (Å²) >= 11 is 3.55. The molecule has 2 heterocycles. The first-order valence-electron chi connectivity index (χ1n) is 11.5. The Morgan fingerprint density at radius 1 is 1.06 bits per heavy atom. The molecule has 0 spiro atoms. The molecule has 0 atom stereocenters. The number of fused-ring (bicyclic) bond motifs is 2. The molecular formula is C29H27BrO5. The highest BCUT2D eigenvalue weighted by molar-refractivity contribution is 9.10. The van der Waals surface area contributed by atoms with E-state index in [0.717, 1.165) is 32.5 Å². The number of hydrogen-bond donors (Lipinski definition) is 0. The van der Waals surface area contributed by atoms with Crippen molar-refractivity contribution >= 4 is 27.8 Å². The van der Waals surface area contributed by atoms with E-state index in [1.807, 2.05) is 37.3 Å². The molecule has 5 rings (SSSR count). The van der Waals surface area contributed by atoms with Crippen LogP contribution in [0.15, 0.2) is 58.8 Å². The van der Waals surface area contributed by atoms with Crippen LogP contribution in [0.1, 0.15) is 58.9 Å². The Balaban J connectivity index is 1.36. The SMILES string of the molecule is Cc1c(OCc2cc(Br)cc3c2OCOC3)ccc2c1O/C(=C\c1ccc(C(C)(C)C)cc1)C2=O. The zero-order valence-electron chi connectivity index (χ0n) is 20.2. The number of ketones is 1. The summed E-state index contributed by atoms with van der Waals surface area (Å²) in [6.45, 7) is 9.48. The molecule has 6 heteroatoms. The van der Waals surface area contributed by atoms with Crippen LogP contribution in [-0.2, 0) is 23.4 Å². The molecule has 3 aromatic rings. The van der Waals surface area contributed by atoms with E-state index in [4.69, 9.17) is 18.9 Å². The zero-order valence-corrected chi connectivity index (χ0v) is 21.8. The van der Waals surface area contributed by atoms with Gasteiger partial charge in [-0.2, -0.15) is 0 Å². The van der Waals surface area contributed by atoms with Crippen LogP contribution in [0.2, 0.25) is 0 Å². The molecule has 180 valence electrons. The third-order valence-corrected chi connectivity index (χ3v) is 6.70. The predicted octanol–water partition coefficient (Wildman–Crippen LogP) is 7.12. The van der Waals surface area contributed by atoms with E-state index in [2.05, 4.69) is 48.8 Å². The molecule has 2 aliphatic heterocycles. The Bertz CT molecular complexity index is 1330. The van der Waals surface area contributed by atoms with Gasteiger partial charge in [0.1, 0.15) is 23.9 Å². The van der Waals surface area contributed by atoms with E-state index in [1.54, 1.807) is 12.1 Å². The predicted molar refractivity (Wildman–Crippen MR) is 138 cm³/mol. The number of carbonyl (C=O) groups is 1. The molecule has 0 bridgehead atoms. The summed E-state index contributed by atoms with van der Waals surface area (Å²) < 4.78 is 24.2. The maximum atomic E-state index is 13.0. The number of ether oxygens (including phenoxy) is 4. The molecule has 0 fully saturated rings.